The van der Waals surface area contributed by atoms with Crippen molar-refractivity contribution >= 4 is 58.4 Å². The van der Waals surface area contributed by atoms with Crippen LogP contribution in [0.5, 0.6) is 11.5 Å². The molecular weight excluding hydrogens is 467 g/mol. The number of benzene rings is 2. The number of nitriles is 1. The molecule has 1 amide bonds. The number of esters is 1. The number of ether oxygens (including phenoxy) is 3. The summed E-state index contributed by atoms with van der Waals surface area (Å²) in [6.07, 6.45) is 1.55. The Morgan fingerprint density at radius 1 is 1.13 bits per heavy atom. The molecule has 1 atom stereocenters. The van der Waals surface area contributed by atoms with E-state index in [1.54, 1.807) is 18.2 Å². The molecule has 0 bridgehead atoms. The van der Waals surface area contributed by atoms with E-state index in [2.05, 4.69) is 5.32 Å². The SMILES string of the molecule is COc1cc(/C=C/C(=O)O[C@@H](C)C(=O)Nc2cc(Cl)c(Cl)cc2Cl)ccc1OCC#N. The van der Waals surface area contributed by atoms with Gasteiger partial charge in [0.1, 0.15) is 6.07 Å². The maximum absolute atomic E-state index is 12.3. The van der Waals surface area contributed by atoms with Crippen molar-refractivity contribution in [2.75, 3.05) is 19.0 Å². The minimum atomic E-state index is -1.10. The highest BCUT2D eigenvalue weighted by Gasteiger charge is 2.18. The summed E-state index contributed by atoms with van der Waals surface area (Å²) in [5.74, 6) is -0.526. The van der Waals surface area contributed by atoms with Gasteiger partial charge in [0, 0.05) is 6.08 Å². The number of amides is 1. The number of halogens is 3. The van der Waals surface area contributed by atoms with Crippen LogP contribution in [0.15, 0.2) is 36.4 Å². The van der Waals surface area contributed by atoms with E-state index >= 15 is 0 Å². The molecule has 0 saturated heterocycles. The Labute approximate surface area is 194 Å². The van der Waals surface area contributed by atoms with Crippen molar-refractivity contribution in [3.8, 4) is 17.6 Å². The maximum atomic E-state index is 12.3. The van der Waals surface area contributed by atoms with Gasteiger partial charge in [-0.3, -0.25) is 4.79 Å². The highest BCUT2D eigenvalue weighted by Crippen LogP contribution is 2.32. The topological polar surface area (TPSA) is 97.7 Å². The summed E-state index contributed by atoms with van der Waals surface area (Å²) < 4.78 is 15.5. The summed E-state index contributed by atoms with van der Waals surface area (Å²) in [6.45, 7) is 1.29. The van der Waals surface area contributed by atoms with Crippen LogP contribution >= 0.6 is 34.8 Å². The third-order valence-electron chi connectivity index (χ3n) is 3.82. The van der Waals surface area contributed by atoms with Crippen molar-refractivity contribution in [3.05, 3.63) is 57.0 Å². The Morgan fingerprint density at radius 2 is 1.84 bits per heavy atom. The molecule has 0 saturated carbocycles. The van der Waals surface area contributed by atoms with Crippen LogP contribution in [0.25, 0.3) is 6.08 Å². The number of nitrogens with one attached hydrogen (secondary N) is 1. The highest BCUT2D eigenvalue weighted by molar-refractivity contribution is 6.44. The van der Waals surface area contributed by atoms with Crippen LogP contribution in [0.4, 0.5) is 5.69 Å². The number of rotatable bonds is 8. The van der Waals surface area contributed by atoms with E-state index in [0.29, 0.717) is 17.1 Å². The lowest BCUT2D eigenvalue weighted by Crippen LogP contribution is -2.29. The van der Waals surface area contributed by atoms with Gasteiger partial charge in [0.05, 0.1) is 27.9 Å². The first-order chi connectivity index (χ1) is 14.7. The molecule has 0 unspecified atom stereocenters. The van der Waals surface area contributed by atoms with Gasteiger partial charge in [-0.15, -0.1) is 0 Å². The van der Waals surface area contributed by atoms with Crippen LogP contribution in [0, 0.1) is 11.3 Å². The molecule has 0 fully saturated rings. The number of nitrogens with zero attached hydrogens (tertiary/aromatic N) is 1. The van der Waals surface area contributed by atoms with Gasteiger partial charge in [0.15, 0.2) is 24.2 Å². The molecule has 2 aromatic carbocycles. The molecule has 31 heavy (non-hydrogen) atoms. The second-order valence-electron chi connectivity index (χ2n) is 6.00. The van der Waals surface area contributed by atoms with Crippen molar-refractivity contribution in [2.45, 2.75) is 13.0 Å². The summed E-state index contributed by atoms with van der Waals surface area (Å²) >= 11 is 17.8. The van der Waals surface area contributed by atoms with Crippen molar-refractivity contribution < 1.29 is 23.8 Å². The average molecular weight is 484 g/mol. The van der Waals surface area contributed by atoms with Crippen LogP contribution in [0.2, 0.25) is 15.1 Å². The van der Waals surface area contributed by atoms with Gasteiger partial charge in [-0.2, -0.15) is 5.26 Å². The van der Waals surface area contributed by atoms with Gasteiger partial charge < -0.3 is 19.5 Å². The second-order valence-corrected chi connectivity index (χ2v) is 7.23. The summed E-state index contributed by atoms with van der Waals surface area (Å²) in [6, 6.07) is 9.56. The van der Waals surface area contributed by atoms with Gasteiger partial charge in [0.2, 0.25) is 0 Å². The van der Waals surface area contributed by atoms with E-state index in [9.17, 15) is 9.59 Å². The predicted octanol–water partition coefficient (Wildman–Crippen LogP) is 5.14. The standard InChI is InChI=1S/C21H17Cl3N2O5/c1-12(21(28)26-17-11-15(23)14(22)10-16(17)24)31-20(27)6-4-13-3-5-18(30-8-7-25)19(9-13)29-2/h3-6,9-12H,8H2,1-2H3,(H,26,28)/b6-4+/t12-/m0/s1. The fourth-order valence-electron chi connectivity index (χ4n) is 2.30. The van der Waals surface area contributed by atoms with E-state index in [-0.39, 0.29) is 27.4 Å². The number of carbonyl (C=O) groups excluding carboxylic acids is 2. The zero-order valence-corrected chi connectivity index (χ0v) is 18.7. The molecule has 0 aliphatic heterocycles. The fourth-order valence-corrected chi connectivity index (χ4v) is 2.90. The third kappa shape index (κ3) is 7.07. The molecule has 0 radical (unpaired) electrons. The number of hydrogen-bond acceptors (Lipinski definition) is 6. The lowest BCUT2D eigenvalue weighted by Gasteiger charge is -2.14. The molecule has 1 N–H and O–H groups in total. The van der Waals surface area contributed by atoms with Gasteiger partial charge in [-0.05, 0) is 42.8 Å². The minimum Gasteiger partial charge on any atom is -0.493 e. The van der Waals surface area contributed by atoms with E-state index in [4.69, 9.17) is 54.3 Å². The van der Waals surface area contributed by atoms with Crippen molar-refractivity contribution in [1.29, 1.82) is 5.26 Å². The smallest absolute Gasteiger partial charge is 0.331 e. The van der Waals surface area contributed by atoms with E-state index < -0.39 is 18.0 Å². The monoisotopic (exact) mass is 482 g/mol. The minimum absolute atomic E-state index is 0.120. The number of hydrogen-bond donors (Lipinski definition) is 1. The molecule has 0 heterocycles. The molecule has 0 aromatic heterocycles. The van der Waals surface area contributed by atoms with E-state index in [1.807, 2.05) is 6.07 Å². The number of carbonyl (C=O) groups is 2. The predicted molar refractivity (Wildman–Crippen MR) is 119 cm³/mol. The zero-order valence-electron chi connectivity index (χ0n) is 16.4. The first-order valence-electron chi connectivity index (χ1n) is 8.77. The summed E-state index contributed by atoms with van der Waals surface area (Å²) in [5.41, 5.74) is 0.864. The molecule has 0 aliphatic carbocycles. The third-order valence-corrected chi connectivity index (χ3v) is 4.86. The quantitative estimate of drug-likeness (QED) is 0.317. The molecule has 2 rings (SSSR count). The first-order valence-corrected chi connectivity index (χ1v) is 9.90. The molecule has 2 aromatic rings. The zero-order chi connectivity index (χ0) is 23.0. The number of anilines is 1. The van der Waals surface area contributed by atoms with Crippen LogP contribution < -0.4 is 14.8 Å². The Balaban J connectivity index is 1.98. The van der Waals surface area contributed by atoms with Crippen LogP contribution in [-0.2, 0) is 14.3 Å². The van der Waals surface area contributed by atoms with E-state index in [1.165, 1.54) is 38.3 Å². The molecule has 0 spiro atoms. The molecule has 0 aliphatic rings. The Kier molecular flexibility index (Phi) is 9.01. The molecular formula is C21H17Cl3N2O5. The van der Waals surface area contributed by atoms with Crippen molar-refractivity contribution in [1.82, 2.24) is 0 Å². The van der Waals surface area contributed by atoms with Crippen molar-refractivity contribution in [2.24, 2.45) is 0 Å². The number of methoxy groups -OCH3 is 1. The summed E-state index contributed by atoms with van der Waals surface area (Å²) in [4.78, 5) is 24.3. The molecule has 162 valence electrons. The Bertz CT molecular complexity index is 1050. The fraction of sp³-hybridized carbons (Fsp3) is 0.190. The summed E-state index contributed by atoms with van der Waals surface area (Å²) in [7, 11) is 1.46. The first kappa shape index (κ1) is 24.4. The van der Waals surface area contributed by atoms with Gasteiger partial charge in [0.25, 0.3) is 5.91 Å². The van der Waals surface area contributed by atoms with Crippen LogP contribution in [0.3, 0.4) is 0 Å². The largest absolute Gasteiger partial charge is 0.493 e. The molecule has 10 heteroatoms. The van der Waals surface area contributed by atoms with Gasteiger partial charge in [-0.25, -0.2) is 4.79 Å². The van der Waals surface area contributed by atoms with E-state index in [0.717, 1.165) is 0 Å². The van der Waals surface area contributed by atoms with Gasteiger partial charge in [-0.1, -0.05) is 40.9 Å². The van der Waals surface area contributed by atoms with Crippen LogP contribution in [0.1, 0.15) is 12.5 Å². The lowest BCUT2D eigenvalue weighted by atomic mass is 10.2. The van der Waals surface area contributed by atoms with Crippen LogP contribution in [-0.4, -0.2) is 31.7 Å². The van der Waals surface area contributed by atoms with Crippen molar-refractivity contribution in [3.63, 3.8) is 0 Å². The average Bonchev–Trinajstić information content (AvgIpc) is 2.74. The normalized spacial score (nSPS) is 11.5. The highest BCUT2D eigenvalue weighted by atomic mass is 35.5. The van der Waals surface area contributed by atoms with Gasteiger partial charge >= 0.3 is 5.97 Å². The lowest BCUT2D eigenvalue weighted by molar-refractivity contribution is -0.148. The maximum Gasteiger partial charge on any atom is 0.331 e. The Hall–Kier alpha value is -2.92. The molecule has 7 nitrogen and oxygen atoms in total. The Morgan fingerprint density at radius 3 is 2.52 bits per heavy atom. The summed E-state index contributed by atoms with van der Waals surface area (Å²) in [5, 5.41) is 11.8. The second kappa shape index (κ2) is 11.5.